The fourth-order valence-corrected chi connectivity index (χ4v) is 2.97. The number of benzene rings is 1. The number of halogens is 1. The Hall–Kier alpha value is -1.42. The summed E-state index contributed by atoms with van der Waals surface area (Å²) < 4.78 is 13.4. The monoisotopic (exact) mass is 276 g/mol. The maximum Gasteiger partial charge on any atom is 0.237 e. The summed E-state index contributed by atoms with van der Waals surface area (Å²) in [7, 11) is 0. The SMILES string of the molecule is CC1CC(c2cccc(F)c2)N(C(=O)CNC2CC2)C1. The molecule has 1 aliphatic carbocycles. The van der Waals surface area contributed by atoms with Crippen LogP contribution in [0.1, 0.15) is 37.8 Å². The molecule has 1 N–H and O–H groups in total. The Morgan fingerprint density at radius 1 is 1.45 bits per heavy atom. The van der Waals surface area contributed by atoms with Crippen molar-refractivity contribution >= 4 is 5.91 Å². The molecule has 1 saturated heterocycles. The van der Waals surface area contributed by atoms with Crippen LogP contribution >= 0.6 is 0 Å². The first-order valence-corrected chi connectivity index (χ1v) is 7.42. The molecule has 1 heterocycles. The van der Waals surface area contributed by atoms with Crippen molar-refractivity contribution in [1.82, 2.24) is 10.2 Å². The van der Waals surface area contributed by atoms with Gasteiger partial charge >= 0.3 is 0 Å². The van der Waals surface area contributed by atoms with Crippen molar-refractivity contribution < 1.29 is 9.18 Å². The highest BCUT2D eigenvalue weighted by Gasteiger charge is 2.34. The van der Waals surface area contributed by atoms with Crippen molar-refractivity contribution in [2.75, 3.05) is 13.1 Å². The van der Waals surface area contributed by atoms with Crippen LogP contribution in [0.15, 0.2) is 24.3 Å². The predicted octanol–water partition coefficient (Wildman–Crippen LogP) is 2.49. The molecule has 0 radical (unpaired) electrons. The van der Waals surface area contributed by atoms with Gasteiger partial charge in [0.15, 0.2) is 0 Å². The van der Waals surface area contributed by atoms with Gasteiger partial charge in [0.05, 0.1) is 12.6 Å². The standard InChI is InChI=1S/C16H21FN2O/c1-11-7-15(12-3-2-4-13(17)8-12)19(10-11)16(20)9-18-14-5-6-14/h2-4,8,11,14-15,18H,5-7,9-10H2,1H3. The lowest BCUT2D eigenvalue weighted by Crippen LogP contribution is -2.38. The van der Waals surface area contributed by atoms with Crippen molar-refractivity contribution in [3.8, 4) is 0 Å². The highest BCUT2D eigenvalue weighted by molar-refractivity contribution is 5.79. The Morgan fingerprint density at radius 3 is 2.95 bits per heavy atom. The van der Waals surface area contributed by atoms with E-state index in [1.54, 1.807) is 12.1 Å². The Labute approximate surface area is 119 Å². The van der Waals surface area contributed by atoms with E-state index >= 15 is 0 Å². The summed E-state index contributed by atoms with van der Waals surface area (Å²) in [6, 6.07) is 7.19. The minimum absolute atomic E-state index is 0.0224. The third-order valence-corrected chi connectivity index (χ3v) is 4.18. The zero-order valence-electron chi connectivity index (χ0n) is 11.8. The average molecular weight is 276 g/mol. The van der Waals surface area contributed by atoms with Gasteiger partial charge in [0, 0.05) is 12.6 Å². The number of carbonyl (C=O) groups excluding carboxylic acids is 1. The van der Waals surface area contributed by atoms with Gasteiger partial charge in [0.2, 0.25) is 5.91 Å². The molecule has 0 aromatic heterocycles. The van der Waals surface area contributed by atoms with Crippen molar-refractivity contribution in [1.29, 1.82) is 0 Å². The predicted molar refractivity (Wildman–Crippen MR) is 75.7 cm³/mol. The molecule has 4 heteroatoms. The van der Waals surface area contributed by atoms with Crippen LogP contribution in [-0.4, -0.2) is 29.9 Å². The molecule has 20 heavy (non-hydrogen) atoms. The van der Waals surface area contributed by atoms with Crippen LogP contribution in [0.2, 0.25) is 0 Å². The summed E-state index contributed by atoms with van der Waals surface area (Å²) in [5, 5.41) is 3.27. The van der Waals surface area contributed by atoms with Gasteiger partial charge in [-0.05, 0) is 42.9 Å². The second kappa shape index (κ2) is 5.52. The van der Waals surface area contributed by atoms with Gasteiger partial charge in [0.1, 0.15) is 5.82 Å². The summed E-state index contributed by atoms with van der Waals surface area (Å²) >= 11 is 0. The molecule has 108 valence electrons. The van der Waals surface area contributed by atoms with Crippen molar-refractivity contribution in [2.45, 2.75) is 38.3 Å². The van der Waals surface area contributed by atoms with E-state index in [1.807, 2.05) is 11.0 Å². The van der Waals surface area contributed by atoms with Gasteiger partial charge in [-0.25, -0.2) is 4.39 Å². The van der Waals surface area contributed by atoms with Gasteiger partial charge in [0.25, 0.3) is 0 Å². The summed E-state index contributed by atoms with van der Waals surface area (Å²) in [6.07, 6.45) is 3.27. The van der Waals surface area contributed by atoms with Crippen molar-refractivity contribution in [3.63, 3.8) is 0 Å². The van der Waals surface area contributed by atoms with Gasteiger partial charge < -0.3 is 10.2 Å². The van der Waals surface area contributed by atoms with E-state index in [-0.39, 0.29) is 17.8 Å². The van der Waals surface area contributed by atoms with Gasteiger partial charge in [-0.1, -0.05) is 19.1 Å². The fourth-order valence-electron chi connectivity index (χ4n) is 2.97. The van der Waals surface area contributed by atoms with Crippen LogP contribution in [0.3, 0.4) is 0 Å². The summed E-state index contributed by atoms with van der Waals surface area (Å²) in [6.45, 7) is 3.32. The van der Waals surface area contributed by atoms with E-state index in [1.165, 1.54) is 18.9 Å². The minimum atomic E-state index is -0.231. The van der Waals surface area contributed by atoms with E-state index in [0.29, 0.717) is 18.5 Å². The van der Waals surface area contributed by atoms with Crippen LogP contribution < -0.4 is 5.32 Å². The molecular weight excluding hydrogens is 255 g/mol. The Kier molecular flexibility index (Phi) is 3.74. The molecule has 3 rings (SSSR count). The van der Waals surface area contributed by atoms with E-state index in [2.05, 4.69) is 12.2 Å². The van der Waals surface area contributed by atoms with Gasteiger partial charge in [-0.2, -0.15) is 0 Å². The minimum Gasteiger partial charge on any atom is -0.334 e. The van der Waals surface area contributed by atoms with Crippen LogP contribution in [0, 0.1) is 11.7 Å². The number of likely N-dealkylation sites (tertiary alicyclic amines) is 1. The first-order valence-electron chi connectivity index (χ1n) is 7.42. The Balaban J connectivity index is 1.72. The molecule has 2 fully saturated rings. The zero-order valence-corrected chi connectivity index (χ0v) is 11.8. The number of amides is 1. The first-order chi connectivity index (χ1) is 9.63. The van der Waals surface area contributed by atoms with Crippen LogP contribution in [-0.2, 0) is 4.79 Å². The number of rotatable bonds is 4. The summed E-state index contributed by atoms with van der Waals surface area (Å²) in [5.74, 6) is 0.370. The van der Waals surface area contributed by atoms with E-state index in [4.69, 9.17) is 0 Å². The van der Waals surface area contributed by atoms with Gasteiger partial charge in [-0.15, -0.1) is 0 Å². The van der Waals surface area contributed by atoms with Crippen LogP contribution in [0.5, 0.6) is 0 Å². The van der Waals surface area contributed by atoms with Crippen molar-refractivity contribution in [3.05, 3.63) is 35.6 Å². The normalized spacial score (nSPS) is 26.0. The largest absolute Gasteiger partial charge is 0.334 e. The van der Waals surface area contributed by atoms with Gasteiger partial charge in [-0.3, -0.25) is 4.79 Å². The molecule has 1 amide bonds. The number of carbonyl (C=O) groups is 1. The molecule has 1 aromatic carbocycles. The molecule has 1 aliphatic heterocycles. The summed E-state index contributed by atoms with van der Waals surface area (Å²) in [5.41, 5.74) is 0.911. The fraction of sp³-hybridized carbons (Fsp3) is 0.562. The molecular formula is C16H21FN2O. The first kappa shape index (κ1) is 13.6. The van der Waals surface area contributed by atoms with Crippen molar-refractivity contribution in [2.24, 2.45) is 5.92 Å². The quantitative estimate of drug-likeness (QED) is 0.916. The molecule has 1 saturated carbocycles. The smallest absolute Gasteiger partial charge is 0.237 e. The lowest BCUT2D eigenvalue weighted by atomic mass is 10.0. The Morgan fingerprint density at radius 2 is 2.25 bits per heavy atom. The average Bonchev–Trinajstić information content (AvgIpc) is 3.17. The highest BCUT2D eigenvalue weighted by Crippen LogP contribution is 2.35. The van der Waals surface area contributed by atoms with E-state index in [9.17, 15) is 9.18 Å². The number of nitrogens with zero attached hydrogens (tertiary/aromatic N) is 1. The highest BCUT2D eigenvalue weighted by atomic mass is 19.1. The number of hydrogen-bond acceptors (Lipinski definition) is 2. The molecule has 2 unspecified atom stereocenters. The molecule has 2 atom stereocenters. The number of hydrogen-bond donors (Lipinski definition) is 1. The second-order valence-electron chi connectivity index (χ2n) is 6.11. The molecule has 2 aliphatic rings. The third-order valence-electron chi connectivity index (χ3n) is 4.18. The maximum atomic E-state index is 13.4. The zero-order chi connectivity index (χ0) is 14.1. The third kappa shape index (κ3) is 3.01. The summed E-state index contributed by atoms with van der Waals surface area (Å²) in [4.78, 5) is 14.3. The molecule has 3 nitrogen and oxygen atoms in total. The molecule has 1 aromatic rings. The van der Waals surface area contributed by atoms with Crippen LogP contribution in [0.25, 0.3) is 0 Å². The number of nitrogens with one attached hydrogen (secondary N) is 1. The van der Waals surface area contributed by atoms with E-state index < -0.39 is 0 Å². The van der Waals surface area contributed by atoms with Crippen LogP contribution in [0.4, 0.5) is 4.39 Å². The van der Waals surface area contributed by atoms with E-state index in [0.717, 1.165) is 18.5 Å². The molecule has 0 spiro atoms. The maximum absolute atomic E-state index is 13.4. The topological polar surface area (TPSA) is 32.3 Å². The second-order valence-corrected chi connectivity index (χ2v) is 6.11. The Bertz CT molecular complexity index is 501. The lowest BCUT2D eigenvalue weighted by Gasteiger charge is -2.25. The lowest BCUT2D eigenvalue weighted by molar-refractivity contribution is -0.131. The molecule has 0 bridgehead atoms.